The van der Waals surface area contributed by atoms with E-state index in [2.05, 4.69) is 52.2 Å². The number of nitrogens with two attached hydrogens (primary N) is 3. The summed E-state index contributed by atoms with van der Waals surface area (Å²) >= 11 is 0. The molecule has 0 unspecified atom stereocenters. The fourth-order valence-electron chi connectivity index (χ4n) is 7.45. The Morgan fingerprint density at radius 2 is 1.24 bits per heavy atom. The average molecular weight is 970 g/mol. The number of para-hydroxylation sites is 1. The van der Waals surface area contributed by atoms with E-state index in [1.165, 1.54) is 19.4 Å². The van der Waals surface area contributed by atoms with Gasteiger partial charge in [-0.25, -0.2) is 4.98 Å². The molecule has 0 aliphatic carbocycles. The number of H-pyrrole nitrogens is 2. The van der Waals surface area contributed by atoms with Crippen molar-refractivity contribution in [1.29, 1.82) is 0 Å². The van der Waals surface area contributed by atoms with Crippen molar-refractivity contribution in [2.24, 2.45) is 29.0 Å². The molecule has 0 spiro atoms. The Morgan fingerprint density at radius 1 is 0.629 bits per heavy atom. The Morgan fingerprint density at radius 3 is 1.87 bits per heavy atom. The zero-order chi connectivity index (χ0) is 51.5. The number of nitrogens with one attached hydrogen (secondary N) is 9. The fourth-order valence-corrected chi connectivity index (χ4v) is 7.45. The third-order valence-corrected chi connectivity index (χ3v) is 11.3. The molecule has 0 radical (unpaired) electrons. The minimum atomic E-state index is -1.22. The summed E-state index contributed by atoms with van der Waals surface area (Å²) < 4.78 is 0. The summed E-state index contributed by atoms with van der Waals surface area (Å²) in [6.45, 7) is 8.34. The van der Waals surface area contributed by atoms with E-state index >= 15 is 0 Å². The van der Waals surface area contributed by atoms with Gasteiger partial charge in [0.05, 0.1) is 12.4 Å². The number of hydrogen-bond donors (Lipinski definition) is 12. The van der Waals surface area contributed by atoms with E-state index in [0.29, 0.717) is 11.3 Å². The van der Waals surface area contributed by atoms with Crippen molar-refractivity contribution in [1.82, 2.24) is 52.2 Å². The Bertz CT molecular complexity index is 2420. The number of aromatic nitrogens is 3. The summed E-state index contributed by atoms with van der Waals surface area (Å²) in [5.74, 6) is -6.54. The maximum absolute atomic E-state index is 13.9. The van der Waals surface area contributed by atoms with E-state index in [0.717, 1.165) is 16.5 Å². The van der Waals surface area contributed by atoms with Crippen LogP contribution >= 0.6 is 0 Å². The molecule has 0 aliphatic rings. The lowest BCUT2D eigenvalue weighted by molar-refractivity contribution is -0.134. The number of fused-ring (bicyclic) bond motifs is 1. The van der Waals surface area contributed by atoms with Gasteiger partial charge in [0.25, 0.3) is 0 Å². The van der Waals surface area contributed by atoms with Crippen molar-refractivity contribution >= 4 is 64.1 Å². The molecule has 4 aromatic rings. The standard InChI is InChI=1S/C48H67N13O9/c1-26(2)19-35(42(51)64)58-46(68)36(20-29-11-7-6-8-12-29)60-47(69)38(22-31-24-52-25-55-31)57-40(63)17-18-53-48(70)41(27(3)4)61-43(65)28(5)56-45(67)37(59-44(66)33(49)15-16-39(50)62)21-30-23-54-34-14-10-9-13-32(30)34/h6-14,23-28,33,35-38,41,54H,15-22,49H2,1-5H3,(H2,50,62)(H2,51,64)(H,52,55)(H,53,70)(H,56,67)(H,57,63)(H,58,68)(H,59,66)(H,60,69)(H,61,65)/t28-,33-,35-,36-,37-,38+,41-/m0/s1. The highest BCUT2D eigenvalue weighted by Crippen LogP contribution is 2.20. The zero-order valence-corrected chi connectivity index (χ0v) is 40.1. The first-order valence-corrected chi connectivity index (χ1v) is 23.2. The zero-order valence-electron chi connectivity index (χ0n) is 40.1. The van der Waals surface area contributed by atoms with Crippen molar-refractivity contribution in [2.75, 3.05) is 6.54 Å². The Labute approximate surface area is 406 Å². The van der Waals surface area contributed by atoms with E-state index in [-0.39, 0.29) is 57.4 Å². The van der Waals surface area contributed by atoms with Crippen LogP contribution in [-0.4, -0.2) is 117 Å². The number of hydrogen-bond acceptors (Lipinski definition) is 11. The number of imidazole rings is 1. The number of carbonyl (C=O) groups is 9. The maximum atomic E-state index is 13.9. The second kappa shape index (κ2) is 26.8. The molecule has 7 atom stereocenters. The smallest absolute Gasteiger partial charge is 0.243 e. The fraction of sp³-hybridized carbons (Fsp3) is 0.458. The summed E-state index contributed by atoms with van der Waals surface area (Å²) in [6, 6.07) is 8.26. The Hall–Kier alpha value is -7.62. The maximum Gasteiger partial charge on any atom is 0.243 e. The summed E-state index contributed by atoms with van der Waals surface area (Å²) in [5, 5.41) is 19.4. The molecule has 4 rings (SSSR count). The molecule has 0 aliphatic heterocycles. The van der Waals surface area contributed by atoms with Crippen LogP contribution in [0.3, 0.4) is 0 Å². The van der Waals surface area contributed by atoms with Crippen LogP contribution in [0, 0.1) is 11.8 Å². The van der Waals surface area contributed by atoms with E-state index in [1.807, 2.05) is 38.1 Å². The van der Waals surface area contributed by atoms with Crippen molar-refractivity contribution < 1.29 is 43.2 Å². The molecular formula is C48H67N13O9. The van der Waals surface area contributed by atoms with Crippen LogP contribution in [0.1, 0.15) is 77.1 Å². The highest BCUT2D eigenvalue weighted by atomic mass is 16.2. The van der Waals surface area contributed by atoms with Gasteiger partial charge in [0.15, 0.2) is 0 Å². The van der Waals surface area contributed by atoms with Crippen LogP contribution in [0.5, 0.6) is 0 Å². The third kappa shape index (κ3) is 17.5. The van der Waals surface area contributed by atoms with E-state index in [1.54, 1.807) is 50.4 Å². The number of primary amides is 2. The summed E-state index contributed by atoms with van der Waals surface area (Å²) in [5.41, 5.74) is 19.5. The van der Waals surface area contributed by atoms with Crippen LogP contribution in [-0.2, 0) is 62.4 Å². The van der Waals surface area contributed by atoms with Gasteiger partial charge in [0.2, 0.25) is 53.2 Å². The first-order valence-electron chi connectivity index (χ1n) is 23.2. The first kappa shape index (κ1) is 55.0. The minimum absolute atomic E-state index is 0.0148. The van der Waals surface area contributed by atoms with E-state index in [9.17, 15) is 43.2 Å². The lowest BCUT2D eigenvalue weighted by atomic mass is 10.0. The van der Waals surface area contributed by atoms with E-state index < -0.39 is 101 Å². The summed E-state index contributed by atoms with van der Waals surface area (Å²) in [7, 11) is 0. The van der Waals surface area contributed by atoms with Crippen LogP contribution < -0.4 is 54.4 Å². The lowest BCUT2D eigenvalue weighted by Gasteiger charge is -2.26. The normalized spacial score (nSPS) is 14.2. The minimum Gasteiger partial charge on any atom is -0.370 e. The van der Waals surface area contributed by atoms with Gasteiger partial charge in [-0.05, 0) is 48.8 Å². The van der Waals surface area contributed by atoms with Gasteiger partial charge in [-0.1, -0.05) is 76.2 Å². The van der Waals surface area contributed by atoms with Gasteiger partial charge in [0, 0.05) is 67.6 Å². The molecule has 2 aromatic heterocycles. The van der Waals surface area contributed by atoms with Crippen molar-refractivity contribution in [3.8, 4) is 0 Å². The second-order valence-corrected chi connectivity index (χ2v) is 18.0. The monoisotopic (exact) mass is 970 g/mol. The molecule has 9 amide bonds. The van der Waals surface area contributed by atoms with Crippen LogP contribution in [0.25, 0.3) is 10.9 Å². The molecule has 378 valence electrons. The predicted molar refractivity (Wildman–Crippen MR) is 259 cm³/mol. The number of rotatable bonds is 28. The Kier molecular flexibility index (Phi) is 21.0. The number of benzene rings is 2. The van der Waals surface area contributed by atoms with Crippen LogP contribution in [0.2, 0.25) is 0 Å². The van der Waals surface area contributed by atoms with Gasteiger partial charge in [-0.2, -0.15) is 0 Å². The van der Waals surface area contributed by atoms with Crippen LogP contribution in [0.4, 0.5) is 0 Å². The van der Waals surface area contributed by atoms with Gasteiger partial charge in [-0.3, -0.25) is 43.2 Å². The number of nitrogens with zero attached hydrogens (tertiary/aromatic N) is 1. The Balaban J connectivity index is 1.38. The molecular weight excluding hydrogens is 903 g/mol. The average Bonchev–Trinajstić information content (AvgIpc) is 3.98. The molecule has 0 bridgehead atoms. The lowest BCUT2D eigenvalue weighted by Crippen LogP contribution is -2.58. The highest BCUT2D eigenvalue weighted by molar-refractivity contribution is 5.96. The van der Waals surface area contributed by atoms with Crippen LogP contribution in [0.15, 0.2) is 73.3 Å². The molecule has 2 aromatic carbocycles. The molecule has 0 saturated heterocycles. The van der Waals surface area contributed by atoms with Gasteiger partial charge in [0.1, 0.15) is 36.3 Å². The number of carbonyl (C=O) groups excluding carboxylic acids is 9. The molecule has 0 saturated carbocycles. The second-order valence-electron chi connectivity index (χ2n) is 18.0. The molecule has 0 fully saturated rings. The quantitative estimate of drug-likeness (QED) is 0.0332. The largest absolute Gasteiger partial charge is 0.370 e. The topological polar surface area (TPSA) is 360 Å². The van der Waals surface area contributed by atoms with E-state index in [4.69, 9.17) is 17.2 Å². The molecule has 22 nitrogen and oxygen atoms in total. The number of amides is 9. The highest BCUT2D eigenvalue weighted by Gasteiger charge is 2.32. The van der Waals surface area contributed by atoms with Gasteiger partial charge in [-0.15, -0.1) is 0 Å². The molecule has 2 heterocycles. The summed E-state index contributed by atoms with van der Waals surface area (Å²) in [4.78, 5) is 128. The van der Waals surface area contributed by atoms with Gasteiger partial charge >= 0.3 is 0 Å². The third-order valence-electron chi connectivity index (χ3n) is 11.3. The first-order chi connectivity index (χ1) is 33.2. The SMILES string of the molecule is CC(C)C[C@H](NC(=O)[C@H](Cc1ccccc1)NC(=O)[C@@H](Cc1cnc[nH]1)NC(=O)CCNC(=O)[C@@H](NC(=O)[C@H](C)NC(=O)[C@H](Cc1c[nH]c2ccccc12)NC(=O)[C@@H](N)CCC(N)=O)C(C)C)C(N)=O. The number of aromatic amines is 2. The summed E-state index contributed by atoms with van der Waals surface area (Å²) in [6.07, 6.45) is 4.41. The molecule has 22 heteroatoms. The van der Waals surface area contributed by atoms with Crippen molar-refractivity contribution in [3.05, 3.63) is 90.1 Å². The molecule has 15 N–H and O–H groups in total. The van der Waals surface area contributed by atoms with Gasteiger partial charge < -0.3 is 64.4 Å². The predicted octanol–water partition coefficient (Wildman–Crippen LogP) is -0.866. The molecule has 70 heavy (non-hydrogen) atoms. The van der Waals surface area contributed by atoms with Crippen molar-refractivity contribution in [3.63, 3.8) is 0 Å². The van der Waals surface area contributed by atoms with Crippen molar-refractivity contribution in [2.45, 2.75) is 122 Å².